The molecule has 0 amide bonds. The second kappa shape index (κ2) is 7.64. The van der Waals surface area contributed by atoms with Crippen LogP contribution in [0.15, 0.2) is 22.7 Å². The average Bonchev–Trinajstić information content (AvgIpc) is 2.37. The minimum absolute atomic E-state index is 0.316. The van der Waals surface area contributed by atoms with Gasteiger partial charge in [0, 0.05) is 16.1 Å². The van der Waals surface area contributed by atoms with Gasteiger partial charge in [0.1, 0.15) is 5.75 Å². The van der Waals surface area contributed by atoms with Gasteiger partial charge in [0.15, 0.2) is 0 Å². The Morgan fingerprint density at radius 3 is 2.52 bits per heavy atom. The SMILES string of the molecule is CCNC(C)c1ccc(Br)cc1OC1CC(C)CC(C)C1. The van der Waals surface area contributed by atoms with Gasteiger partial charge < -0.3 is 10.1 Å². The van der Waals surface area contributed by atoms with Gasteiger partial charge in [-0.15, -0.1) is 0 Å². The van der Waals surface area contributed by atoms with E-state index in [4.69, 9.17) is 4.74 Å². The molecule has 1 fully saturated rings. The van der Waals surface area contributed by atoms with Gasteiger partial charge in [-0.3, -0.25) is 0 Å². The first-order valence-corrected chi connectivity index (χ1v) is 8.98. The van der Waals surface area contributed by atoms with E-state index in [1.807, 2.05) is 0 Å². The lowest BCUT2D eigenvalue weighted by Gasteiger charge is -2.32. The number of benzene rings is 1. The maximum Gasteiger partial charge on any atom is 0.125 e. The van der Waals surface area contributed by atoms with E-state index in [-0.39, 0.29) is 0 Å². The monoisotopic (exact) mass is 353 g/mol. The molecule has 0 radical (unpaired) electrons. The fourth-order valence-corrected chi connectivity index (χ4v) is 3.87. The van der Waals surface area contributed by atoms with E-state index in [9.17, 15) is 0 Å². The number of hydrogen-bond acceptors (Lipinski definition) is 2. The lowest BCUT2D eigenvalue weighted by Crippen LogP contribution is -2.29. The fourth-order valence-electron chi connectivity index (χ4n) is 3.53. The standard InChI is InChI=1S/C18H28BrNO/c1-5-20-14(4)17-7-6-15(19)11-18(17)21-16-9-12(2)8-13(3)10-16/h6-7,11-14,16,20H,5,8-10H2,1-4H3. The van der Waals surface area contributed by atoms with Crippen molar-refractivity contribution in [2.24, 2.45) is 11.8 Å². The molecule has 0 aliphatic heterocycles. The summed E-state index contributed by atoms with van der Waals surface area (Å²) in [6.07, 6.45) is 4.03. The third-order valence-electron chi connectivity index (χ3n) is 4.38. The molecule has 1 aromatic carbocycles. The van der Waals surface area contributed by atoms with Crippen molar-refractivity contribution in [3.63, 3.8) is 0 Å². The van der Waals surface area contributed by atoms with Crippen molar-refractivity contribution in [3.8, 4) is 5.75 Å². The Morgan fingerprint density at radius 1 is 1.24 bits per heavy atom. The van der Waals surface area contributed by atoms with Crippen molar-refractivity contribution < 1.29 is 4.74 Å². The molecule has 1 aliphatic rings. The summed E-state index contributed by atoms with van der Waals surface area (Å²) in [6.45, 7) is 9.99. The van der Waals surface area contributed by atoms with E-state index < -0.39 is 0 Å². The molecule has 118 valence electrons. The Labute approximate surface area is 137 Å². The van der Waals surface area contributed by atoms with Gasteiger partial charge in [-0.2, -0.15) is 0 Å². The van der Waals surface area contributed by atoms with Crippen LogP contribution in [0.4, 0.5) is 0 Å². The van der Waals surface area contributed by atoms with E-state index in [2.05, 4.69) is 67.1 Å². The summed E-state index contributed by atoms with van der Waals surface area (Å²) in [5.41, 5.74) is 1.26. The van der Waals surface area contributed by atoms with E-state index in [1.54, 1.807) is 0 Å². The molecule has 0 saturated heterocycles. The Kier molecular flexibility index (Phi) is 6.12. The molecule has 1 aromatic rings. The summed E-state index contributed by atoms with van der Waals surface area (Å²) in [5, 5.41) is 3.48. The van der Waals surface area contributed by atoms with Crippen molar-refractivity contribution in [1.82, 2.24) is 5.32 Å². The molecule has 0 heterocycles. The Balaban J connectivity index is 2.16. The summed E-state index contributed by atoms with van der Waals surface area (Å²) in [7, 11) is 0. The van der Waals surface area contributed by atoms with Crippen LogP contribution in [0.3, 0.4) is 0 Å². The molecule has 1 aliphatic carbocycles. The minimum Gasteiger partial charge on any atom is -0.490 e. The maximum absolute atomic E-state index is 6.41. The van der Waals surface area contributed by atoms with Gasteiger partial charge in [0.25, 0.3) is 0 Å². The topological polar surface area (TPSA) is 21.3 Å². The van der Waals surface area contributed by atoms with Gasteiger partial charge in [-0.05, 0) is 56.7 Å². The molecular weight excluding hydrogens is 326 g/mol. The van der Waals surface area contributed by atoms with E-state index in [0.717, 1.165) is 28.6 Å². The van der Waals surface area contributed by atoms with Crippen LogP contribution in [0, 0.1) is 11.8 Å². The van der Waals surface area contributed by atoms with Crippen LogP contribution in [0.25, 0.3) is 0 Å². The molecule has 1 saturated carbocycles. The molecule has 2 rings (SSSR count). The third kappa shape index (κ3) is 4.72. The zero-order valence-corrected chi connectivity index (χ0v) is 15.2. The first-order valence-electron chi connectivity index (χ1n) is 8.19. The second-order valence-electron chi connectivity index (χ2n) is 6.62. The lowest BCUT2D eigenvalue weighted by atomic mass is 9.82. The van der Waals surface area contributed by atoms with E-state index in [0.29, 0.717) is 12.1 Å². The van der Waals surface area contributed by atoms with Crippen LogP contribution in [-0.4, -0.2) is 12.6 Å². The number of rotatable bonds is 5. The van der Waals surface area contributed by atoms with Crippen LogP contribution in [0.1, 0.15) is 58.6 Å². The van der Waals surface area contributed by atoms with Gasteiger partial charge in [-0.1, -0.05) is 42.8 Å². The Bertz CT molecular complexity index is 453. The number of halogens is 1. The number of hydrogen-bond donors (Lipinski definition) is 1. The average molecular weight is 354 g/mol. The molecule has 3 atom stereocenters. The van der Waals surface area contributed by atoms with Crippen molar-refractivity contribution >= 4 is 15.9 Å². The highest BCUT2D eigenvalue weighted by Gasteiger charge is 2.26. The van der Waals surface area contributed by atoms with Crippen molar-refractivity contribution in [1.29, 1.82) is 0 Å². The Hall–Kier alpha value is -0.540. The summed E-state index contributed by atoms with van der Waals surface area (Å²) >= 11 is 3.57. The molecule has 3 heteroatoms. The molecular formula is C18H28BrNO. The van der Waals surface area contributed by atoms with Crippen molar-refractivity contribution in [2.45, 2.75) is 59.1 Å². The fraction of sp³-hybridized carbons (Fsp3) is 0.667. The van der Waals surface area contributed by atoms with Crippen LogP contribution >= 0.6 is 15.9 Å². The van der Waals surface area contributed by atoms with Gasteiger partial charge >= 0.3 is 0 Å². The first-order chi connectivity index (χ1) is 9.99. The third-order valence-corrected chi connectivity index (χ3v) is 4.87. The van der Waals surface area contributed by atoms with Crippen LogP contribution in [0.5, 0.6) is 5.75 Å². The molecule has 21 heavy (non-hydrogen) atoms. The highest BCUT2D eigenvalue weighted by Crippen LogP contribution is 2.35. The van der Waals surface area contributed by atoms with Crippen LogP contribution in [0.2, 0.25) is 0 Å². The molecule has 3 unspecified atom stereocenters. The summed E-state index contributed by atoms with van der Waals surface area (Å²) < 4.78 is 7.49. The van der Waals surface area contributed by atoms with Gasteiger partial charge in [-0.25, -0.2) is 0 Å². The Morgan fingerprint density at radius 2 is 1.90 bits per heavy atom. The number of nitrogens with one attached hydrogen (secondary N) is 1. The smallest absolute Gasteiger partial charge is 0.125 e. The lowest BCUT2D eigenvalue weighted by molar-refractivity contribution is 0.0995. The zero-order chi connectivity index (χ0) is 15.4. The maximum atomic E-state index is 6.41. The summed E-state index contributed by atoms with van der Waals surface area (Å²) in [6, 6.07) is 6.70. The van der Waals surface area contributed by atoms with Crippen molar-refractivity contribution in [3.05, 3.63) is 28.2 Å². The minimum atomic E-state index is 0.316. The largest absolute Gasteiger partial charge is 0.490 e. The molecule has 0 aromatic heterocycles. The van der Waals surface area contributed by atoms with Crippen LogP contribution in [-0.2, 0) is 0 Å². The van der Waals surface area contributed by atoms with E-state index in [1.165, 1.54) is 24.8 Å². The normalized spacial score (nSPS) is 27.4. The van der Waals surface area contributed by atoms with Gasteiger partial charge in [0.05, 0.1) is 6.10 Å². The highest BCUT2D eigenvalue weighted by atomic mass is 79.9. The predicted molar refractivity (Wildman–Crippen MR) is 92.8 cm³/mol. The summed E-state index contributed by atoms with van der Waals surface area (Å²) in [4.78, 5) is 0. The first kappa shape index (κ1) is 16.8. The molecule has 2 nitrogen and oxygen atoms in total. The van der Waals surface area contributed by atoms with Gasteiger partial charge in [0.2, 0.25) is 0 Å². The number of ether oxygens (including phenoxy) is 1. The molecule has 1 N–H and O–H groups in total. The second-order valence-corrected chi connectivity index (χ2v) is 7.53. The molecule has 0 spiro atoms. The van der Waals surface area contributed by atoms with Crippen LogP contribution < -0.4 is 10.1 Å². The van der Waals surface area contributed by atoms with Crippen molar-refractivity contribution in [2.75, 3.05) is 6.54 Å². The van der Waals surface area contributed by atoms with E-state index >= 15 is 0 Å². The highest BCUT2D eigenvalue weighted by molar-refractivity contribution is 9.10. The zero-order valence-electron chi connectivity index (χ0n) is 13.7. The quantitative estimate of drug-likeness (QED) is 0.772. The molecule has 0 bridgehead atoms. The predicted octanol–water partition coefficient (Wildman–Crippen LogP) is 5.32. The summed E-state index contributed by atoms with van der Waals surface area (Å²) in [5.74, 6) is 2.56.